The lowest BCUT2D eigenvalue weighted by molar-refractivity contribution is -0.176. The van der Waals surface area contributed by atoms with E-state index in [0.29, 0.717) is 41.5 Å². The maximum Gasteiger partial charge on any atom is 0.411 e. The maximum atomic E-state index is 12.7. The summed E-state index contributed by atoms with van der Waals surface area (Å²) in [6.45, 7) is -0.235. The summed E-state index contributed by atoms with van der Waals surface area (Å²) in [5.74, 6) is 0.938. The summed E-state index contributed by atoms with van der Waals surface area (Å²) in [6.07, 6.45) is -2.90. The molecule has 2 heterocycles. The molecule has 3 aromatic rings. The number of carbonyl (C=O) groups is 1. The first-order valence-electron chi connectivity index (χ1n) is 9.83. The number of amides is 1. The molecule has 0 saturated carbocycles. The molecule has 2 N–H and O–H groups in total. The molecule has 1 amide bonds. The summed E-state index contributed by atoms with van der Waals surface area (Å²) in [5, 5.41) is 9.66. The second-order valence-electron chi connectivity index (χ2n) is 7.12. The van der Waals surface area contributed by atoms with Crippen LogP contribution in [0.25, 0.3) is 11.3 Å². The first-order valence-corrected chi connectivity index (χ1v) is 9.83. The van der Waals surface area contributed by atoms with Crippen LogP contribution < -0.4 is 14.8 Å². The third-order valence-corrected chi connectivity index (χ3v) is 4.73. The molecule has 7 nitrogen and oxygen atoms in total. The first-order chi connectivity index (χ1) is 15.4. The van der Waals surface area contributed by atoms with Crippen LogP contribution in [0.5, 0.6) is 11.5 Å². The van der Waals surface area contributed by atoms with Crippen LogP contribution in [0.2, 0.25) is 0 Å². The molecule has 0 atom stereocenters. The Morgan fingerprint density at radius 2 is 1.78 bits per heavy atom. The van der Waals surface area contributed by atoms with E-state index in [0.717, 1.165) is 11.1 Å². The van der Waals surface area contributed by atoms with Gasteiger partial charge in [0.1, 0.15) is 19.8 Å². The fourth-order valence-corrected chi connectivity index (χ4v) is 3.19. The number of ether oxygens (including phenoxy) is 3. The monoisotopic (exact) mass is 447 g/mol. The van der Waals surface area contributed by atoms with E-state index < -0.39 is 12.8 Å². The van der Waals surface area contributed by atoms with Gasteiger partial charge in [-0.3, -0.25) is 9.89 Å². The lowest BCUT2D eigenvalue weighted by Gasteiger charge is -2.18. The molecular weight excluding hydrogens is 427 g/mol. The van der Waals surface area contributed by atoms with Gasteiger partial charge in [0, 0.05) is 12.1 Å². The molecule has 0 fully saturated rings. The van der Waals surface area contributed by atoms with Crippen molar-refractivity contribution in [3.8, 4) is 22.8 Å². The molecule has 168 valence electrons. The molecule has 2 aromatic carbocycles. The highest BCUT2D eigenvalue weighted by Gasteiger charge is 2.27. The highest BCUT2D eigenvalue weighted by Crippen LogP contribution is 2.34. The number of alkyl halides is 3. The molecule has 0 unspecified atom stereocenters. The van der Waals surface area contributed by atoms with Gasteiger partial charge in [-0.2, -0.15) is 18.3 Å². The van der Waals surface area contributed by atoms with Gasteiger partial charge in [0.2, 0.25) is 0 Å². The molecular formula is C22H20F3N3O4. The number of halogens is 3. The van der Waals surface area contributed by atoms with Crippen molar-refractivity contribution >= 4 is 5.91 Å². The molecule has 1 aliphatic heterocycles. The lowest BCUT2D eigenvalue weighted by Crippen LogP contribution is -2.23. The fourth-order valence-electron chi connectivity index (χ4n) is 3.19. The minimum absolute atomic E-state index is 0.139. The Hall–Kier alpha value is -3.53. The van der Waals surface area contributed by atoms with Gasteiger partial charge in [-0.1, -0.05) is 24.3 Å². The summed E-state index contributed by atoms with van der Waals surface area (Å²) < 4.78 is 52.2. The van der Waals surface area contributed by atoms with Crippen LogP contribution in [0.1, 0.15) is 21.5 Å². The number of hydrogen-bond acceptors (Lipinski definition) is 5. The van der Waals surface area contributed by atoms with Crippen LogP contribution in [0, 0.1) is 0 Å². The largest absolute Gasteiger partial charge is 0.486 e. The average Bonchev–Trinajstić information content (AvgIpc) is 3.27. The summed E-state index contributed by atoms with van der Waals surface area (Å²) in [6, 6.07) is 12.2. The molecule has 1 aliphatic rings. The summed E-state index contributed by atoms with van der Waals surface area (Å²) in [7, 11) is 0. The number of nitrogens with zero attached hydrogens (tertiary/aromatic N) is 1. The van der Waals surface area contributed by atoms with Gasteiger partial charge >= 0.3 is 6.18 Å². The molecule has 0 bridgehead atoms. The van der Waals surface area contributed by atoms with E-state index in [1.807, 2.05) is 6.07 Å². The topological polar surface area (TPSA) is 85.5 Å². The molecule has 0 spiro atoms. The van der Waals surface area contributed by atoms with E-state index in [-0.39, 0.29) is 19.1 Å². The SMILES string of the molecule is O=C(NCc1ccc(COCC(F)(F)F)cc1)c1cn[nH]c1-c1ccc2c(c1)OCCO2. The molecule has 0 radical (unpaired) electrons. The maximum absolute atomic E-state index is 12.7. The molecule has 1 aromatic heterocycles. The Labute approximate surface area is 181 Å². The van der Waals surface area contributed by atoms with Gasteiger partial charge in [0.15, 0.2) is 11.5 Å². The zero-order chi connectivity index (χ0) is 22.6. The number of aromatic nitrogens is 2. The van der Waals surface area contributed by atoms with E-state index in [1.165, 1.54) is 6.20 Å². The molecule has 32 heavy (non-hydrogen) atoms. The van der Waals surface area contributed by atoms with Crippen molar-refractivity contribution in [1.29, 1.82) is 0 Å². The van der Waals surface area contributed by atoms with Crippen molar-refractivity contribution in [2.45, 2.75) is 19.3 Å². The number of H-pyrrole nitrogens is 1. The van der Waals surface area contributed by atoms with Crippen LogP contribution in [-0.4, -0.2) is 42.1 Å². The zero-order valence-electron chi connectivity index (χ0n) is 16.9. The Balaban J connectivity index is 1.36. The number of hydrogen-bond donors (Lipinski definition) is 2. The van der Waals surface area contributed by atoms with E-state index in [4.69, 9.17) is 9.47 Å². The Morgan fingerprint density at radius 1 is 1.06 bits per heavy atom. The third kappa shape index (κ3) is 5.38. The first kappa shape index (κ1) is 21.7. The van der Waals surface area contributed by atoms with Crippen molar-refractivity contribution in [2.75, 3.05) is 19.8 Å². The minimum Gasteiger partial charge on any atom is -0.486 e. The second kappa shape index (κ2) is 9.31. The van der Waals surface area contributed by atoms with Crippen LogP contribution in [0.15, 0.2) is 48.7 Å². The predicted octanol–water partition coefficient (Wildman–Crippen LogP) is 3.86. The highest BCUT2D eigenvalue weighted by atomic mass is 19.4. The number of carbonyl (C=O) groups excluding carboxylic acids is 1. The van der Waals surface area contributed by atoms with Crippen molar-refractivity contribution in [3.05, 3.63) is 65.4 Å². The Morgan fingerprint density at radius 3 is 2.53 bits per heavy atom. The predicted molar refractivity (Wildman–Crippen MR) is 108 cm³/mol. The molecule has 0 aliphatic carbocycles. The van der Waals surface area contributed by atoms with Gasteiger partial charge in [-0.25, -0.2) is 0 Å². The van der Waals surface area contributed by atoms with Gasteiger partial charge in [0.05, 0.1) is 24.1 Å². The number of benzene rings is 2. The number of nitrogens with one attached hydrogen (secondary N) is 2. The molecule has 4 rings (SSSR count). The van der Waals surface area contributed by atoms with E-state index in [9.17, 15) is 18.0 Å². The van der Waals surface area contributed by atoms with Crippen LogP contribution >= 0.6 is 0 Å². The van der Waals surface area contributed by atoms with Crippen molar-refractivity contribution in [2.24, 2.45) is 0 Å². The second-order valence-corrected chi connectivity index (χ2v) is 7.12. The van der Waals surface area contributed by atoms with Crippen LogP contribution in [-0.2, 0) is 17.9 Å². The summed E-state index contributed by atoms with van der Waals surface area (Å²) in [4.78, 5) is 12.7. The van der Waals surface area contributed by atoms with Gasteiger partial charge in [-0.05, 0) is 29.3 Å². The van der Waals surface area contributed by atoms with Crippen molar-refractivity contribution < 1.29 is 32.2 Å². The Bertz CT molecular complexity index is 1080. The quantitative estimate of drug-likeness (QED) is 0.575. The van der Waals surface area contributed by atoms with E-state index in [1.54, 1.807) is 36.4 Å². The molecule has 0 saturated heterocycles. The minimum atomic E-state index is -4.35. The summed E-state index contributed by atoms with van der Waals surface area (Å²) in [5.41, 5.74) is 3.07. The van der Waals surface area contributed by atoms with E-state index in [2.05, 4.69) is 20.3 Å². The Kier molecular flexibility index (Phi) is 6.31. The molecule has 10 heteroatoms. The van der Waals surface area contributed by atoms with E-state index >= 15 is 0 Å². The van der Waals surface area contributed by atoms with Gasteiger partial charge in [-0.15, -0.1) is 0 Å². The highest BCUT2D eigenvalue weighted by molar-refractivity contribution is 5.99. The van der Waals surface area contributed by atoms with Crippen LogP contribution in [0.4, 0.5) is 13.2 Å². The van der Waals surface area contributed by atoms with Gasteiger partial charge in [0.25, 0.3) is 5.91 Å². The lowest BCUT2D eigenvalue weighted by atomic mass is 10.1. The number of rotatable bonds is 7. The average molecular weight is 447 g/mol. The normalized spacial score (nSPS) is 13.1. The zero-order valence-corrected chi connectivity index (χ0v) is 16.9. The van der Waals surface area contributed by atoms with Crippen molar-refractivity contribution in [3.63, 3.8) is 0 Å². The fraction of sp³-hybridized carbons (Fsp3) is 0.273. The van der Waals surface area contributed by atoms with Crippen molar-refractivity contribution in [1.82, 2.24) is 15.5 Å². The summed E-state index contributed by atoms with van der Waals surface area (Å²) >= 11 is 0. The standard InChI is InChI=1S/C22H20F3N3O4/c23-22(24,25)13-30-12-15-3-1-14(2-4-15)10-26-21(29)17-11-27-28-20(17)16-5-6-18-19(9-16)32-8-7-31-18/h1-6,9,11H,7-8,10,12-13H2,(H,26,29)(H,27,28). The smallest absolute Gasteiger partial charge is 0.411 e. The third-order valence-electron chi connectivity index (χ3n) is 4.73. The van der Waals surface area contributed by atoms with Gasteiger partial charge < -0.3 is 19.5 Å². The van der Waals surface area contributed by atoms with Crippen LogP contribution in [0.3, 0.4) is 0 Å². The number of fused-ring (bicyclic) bond motifs is 1. The number of aromatic amines is 1.